The van der Waals surface area contributed by atoms with Crippen LogP contribution in [-0.2, 0) is 19.6 Å². The molecule has 1 aliphatic rings. The molecule has 2 aromatic heterocycles. The Kier molecular flexibility index (Phi) is 4.89. The Morgan fingerprint density at radius 3 is 2.88 bits per heavy atom. The van der Waals surface area contributed by atoms with Gasteiger partial charge in [-0.15, -0.1) is 17.9 Å². The summed E-state index contributed by atoms with van der Waals surface area (Å²) in [4.78, 5) is 3.96. The SMILES string of the molecule is C=CCn1c(-c2ccccc2)nn(CN2CCc3sccc3[C@H]2C)c1=S. The molecule has 26 heavy (non-hydrogen) atoms. The minimum atomic E-state index is 0.386. The van der Waals surface area contributed by atoms with E-state index < -0.39 is 0 Å². The Balaban J connectivity index is 1.67. The van der Waals surface area contributed by atoms with Gasteiger partial charge in [0.25, 0.3) is 0 Å². The minimum absolute atomic E-state index is 0.386. The van der Waals surface area contributed by atoms with E-state index in [0.29, 0.717) is 19.3 Å². The van der Waals surface area contributed by atoms with Crippen molar-refractivity contribution >= 4 is 23.6 Å². The van der Waals surface area contributed by atoms with Crippen molar-refractivity contribution in [3.05, 3.63) is 69.6 Å². The molecule has 0 spiro atoms. The fourth-order valence-corrected chi connectivity index (χ4v) is 4.78. The van der Waals surface area contributed by atoms with Crippen molar-refractivity contribution in [2.24, 2.45) is 0 Å². The van der Waals surface area contributed by atoms with E-state index in [1.807, 2.05) is 40.3 Å². The number of nitrogens with zero attached hydrogens (tertiary/aromatic N) is 4. The highest BCUT2D eigenvalue weighted by Gasteiger charge is 2.25. The van der Waals surface area contributed by atoms with Crippen molar-refractivity contribution in [3.8, 4) is 11.4 Å². The van der Waals surface area contributed by atoms with E-state index in [0.717, 1.165) is 29.1 Å². The second kappa shape index (κ2) is 7.31. The number of aromatic nitrogens is 3. The fraction of sp³-hybridized carbons (Fsp3) is 0.300. The van der Waals surface area contributed by atoms with Gasteiger partial charge in [0.15, 0.2) is 10.6 Å². The van der Waals surface area contributed by atoms with Crippen LogP contribution in [0, 0.1) is 4.77 Å². The maximum Gasteiger partial charge on any atom is 0.199 e. The molecule has 3 heterocycles. The average Bonchev–Trinajstić information content (AvgIpc) is 3.26. The molecule has 3 aromatic rings. The van der Waals surface area contributed by atoms with Crippen LogP contribution in [0.1, 0.15) is 23.4 Å². The molecule has 0 N–H and O–H groups in total. The molecule has 4 nitrogen and oxygen atoms in total. The number of hydrogen-bond acceptors (Lipinski definition) is 4. The Morgan fingerprint density at radius 2 is 2.12 bits per heavy atom. The highest BCUT2D eigenvalue weighted by Crippen LogP contribution is 2.33. The average molecular weight is 383 g/mol. The molecule has 0 fully saturated rings. The molecule has 0 saturated carbocycles. The van der Waals surface area contributed by atoms with Crippen LogP contribution in [-0.4, -0.2) is 25.8 Å². The molecule has 1 aliphatic heterocycles. The second-order valence-electron chi connectivity index (χ2n) is 6.55. The van der Waals surface area contributed by atoms with Gasteiger partial charge in [-0.25, -0.2) is 4.68 Å². The zero-order valence-corrected chi connectivity index (χ0v) is 16.5. The third-order valence-corrected chi connectivity index (χ3v) is 6.41. The van der Waals surface area contributed by atoms with E-state index in [9.17, 15) is 0 Å². The molecule has 1 aromatic carbocycles. The third kappa shape index (κ3) is 3.09. The van der Waals surface area contributed by atoms with E-state index >= 15 is 0 Å². The second-order valence-corrected chi connectivity index (χ2v) is 7.92. The smallest absolute Gasteiger partial charge is 0.199 e. The van der Waals surface area contributed by atoms with Gasteiger partial charge in [0.2, 0.25) is 0 Å². The lowest BCUT2D eigenvalue weighted by molar-refractivity contribution is 0.144. The normalized spacial score (nSPS) is 17.2. The van der Waals surface area contributed by atoms with E-state index in [1.165, 1.54) is 10.4 Å². The van der Waals surface area contributed by atoms with Crippen LogP contribution in [0.25, 0.3) is 11.4 Å². The number of rotatable bonds is 5. The van der Waals surface area contributed by atoms with Gasteiger partial charge in [-0.05, 0) is 42.6 Å². The monoisotopic (exact) mass is 382 g/mol. The van der Waals surface area contributed by atoms with Gasteiger partial charge in [-0.1, -0.05) is 36.4 Å². The minimum Gasteiger partial charge on any atom is -0.296 e. The quantitative estimate of drug-likeness (QED) is 0.463. The van der Waals surface area contributed by atoms with Crippen molar-refractivity contribution in [3.63, 3.8) is 0 Å². The van der Waals surface area contributed by atoms with Crippen molar-refractivity contribution in [1.82, 2.24) is 19.2 Å². The van der Waals surface area contributed by atoms with Crippen LogP contribution >= 0.6 is 23.6 Å². The van der Waals surface area contributed by atoms with Gasteiger partial charge < -0.3 is 0 Å². The lowest BCUT2D eigenvalue weighted by Crippen LogP contribution is -2.35. The highest BCUT2D eigenvalue weighted by molar-refractivity contribution is 7.71. The van der Waals surface area contributed by atoms with E-state index in [4.69, 9.17) is 17.3 Å². The van der Waals surface area contributed by atoms with Crippen LogP contribution in [0.4, 0.5) is 0 Å². The third-order valence-electron chi connectivity index (χ3n) is 4.99. The van der Waals surface area contributed by atoms with Gasteiger partial charge >= 0.3 is 0 Å². The number of hydrogen-bond donors (Lipinski definition) is 0. The van der Waals surface area contributed by atoms with Gasteiger partial charge in [0.05, 0.1) is 6.67 Å². The maximum absolute atomic E-state index is 5.74. The van der Waals surface area contributed by atoms with Crippen LogP contribution in [0.2, 0.25) is 0 Å². The molecular weight excluding hydrogens is 360 g/mol. The molecule has 0 radical (unpaired) electrons. The largest absolute Gasteiger partial charge is 0.296 e. The molecule has 6 heteroatoms. The Hall–Kier alpha value is -2.02. The molecule has 0 saturated heterocycles. The standard InChI is InChI=1S/C20H22N4S2/c1-3-11-23-19(16-7-5-4-6-8-16)21-24(20(23)25)14-22-12-9-18-17(15(22)2)10-13-26-18/h3-8,10,13,15H,1,9,11-12,14H2,2H3/t15-/m1/s1. The van der Waals surface area contributed by atoms with Crippen molar-refractivity contribution in [1.29, 1.82) is 0 Å². The van der Waals surface area contributed by atoms with Crippen LogP contribution < -0.4 is 0 Å². The molecule has 134 valence electrons. The first-order chi connectivity index (χ1) is 12.7. The Bertz CT molecular complexity index is 967. The van der Waals surface area contributed by atoms with Gasteiger partial charge in [-0.2, -0.15) is 5.10 Å². The summed E-state index contributed by atoms with van der Waals surface area (Å²) in [6.07, 6.45) is 2.97. The number of thiophene rings is 1. The van der Waals surface area contributed by atoms with E-state index in [1.54, 1.807) is 0 Å². The van der Waals surface area contributed by atoms with Gasteiger partial charge in [0.1, 0.15) is 0 Å². The predicted octanol–water partition coefficient (Wildman–Crippen LogP) is 4.91. The Morgan fingerprint density at radius 1 is 1.31 bits per heavy atom. The maximum atomic E-state index is 5.74. The summed E-state index contributed by atoms with van der Waals surface area (Å²) in [7, 11) is 0. The summed E-state index contributed by atoms with van der Waals surface area (Å²) < 4.78 is 4.75. The predicted molar refractivity (Wildman–Crippen MR) is 110 cm³/mol. The van der Waals surface area contributed by atoms with E-state index in [2.05, 4.69) is 46.5 Å². The Labute approximate surface area is 163 Å². The molecule has 0 unspecified atom stereocenters. The molecule has 4 rings (SSSR count). The molecule has 0 amide bonds. The molecule has 0 aliphatic carbocycles. The highest BCUT2D eigenvalue weighted by atomic mass is 32.1. The lowest BCUT2D eigenvalue weighted by atomic mass is 10.0. The zero-order chi connectivity index (χ0) is 18.1. The molecule has 1 atom stereocenters. The topological polar surface area (TPSA) is 26.0 Å². The number of allylic oxidation sites excluding steroid dienone is 1. The van der Waals surface area contributed by atoms with Crippen LogP contribution in [0.3, 0.4) is 0 Å². The van der Waals surface area contributed by atoms with Gasteiger partial charge in [-0.3, -0.25) is 9.47 Å². The first kappa shape index (κ1) is 17.4. The number of benzene rings is 1. The summed E-state index contributed by atoms with van der Waals surface area (Å²) in [6.45, 7) is 8.55. The summed E-state index contributed by atoms with van der Waals surface area (Å²) >= 11 is 7.60. The first-order valence-electron chi connectivity index (χ1n) is 8.83. The summed E-state index contributed by atoms with van der Waals surface area (Å²) in [5.41, 5.74) is 2.52. The van der Waals surface area contributed by atoms with Crippen molar-refractivity contribution < 1.29 is 0 Å². The van der Waals surface area contributed by atoms with Gasteiger partial charge in [0, 0.05) is 29.6 Å². The summed E-state index contributed by atoms with van der Waals surface area (Å²) in [6, 6.07) is 12.9. The first-order valence-corrected chi connectivity index (χ1v) is 10.1. The zero-order valence-electron chi connectivity index (χ0n) is 14.8. The van der Waals surface area contributed by atoms with Crippen molar-refractivity contribution in [2.75, 3.05) is 6.54 Å². The molecular formula is C20H22N4S2. The summed E-state index contributed by atoms with van der Waals surface area (Å²) in [5, 5.41) is 7.06. The summed E-state index contributed by atoms with van der Waals surface area (Å²) in [5.74, 6) is 0.899. The van der Waals surface area contributed by atoms with Crippen LogP contribution in [0.5, 0.6) is 0 Å². The number of fused-ring (bicyclic) bond motifs is 1. The van der Waals surface area contributed by atoms with Crippen LogP contribution in [0.15, 0.2) is 54.4 Å². The van der Waals surface area contributed by atoms with E-state index in [-0.39, 0.29) is 0 Å². The lowest BCUT2D eigenvalue weighted by Gasteiger charge is -2.33. The molecule has 0 bridgehead atoms. The fourth-order valence-electron chi connectivity index (χ4n) is 3.55. The van der Waals surface area contributed by atoms with Crippen molar-refractivity contribution in [2.45, 2.75) is 32.6 Å².